The summed E-state index contributed by atoms with van der Waals surface area (Å²) in [5, 5.41) is 13.1. The van der Waals surface area contributed by atoms with Crippen molar-refractivity contribution in [2.45, 2.75) is 31.9 Å². The first kappa shape index (κ1) is 8.58. The Labute approximate surface area is 68.0 Å². The van der Waals surface area contributed by atoms with Gasteiger partial charge >= 0.3 is 0 Å². The second kappa shape index (κ2) is 2.84. The maximum atomic E-state index is 9.84. The maximum absolute atomic E-state index is 9.84. The zero-order valence-electron chi connectivity index (χ0n) is 7.09. The Morgan fingerprint density at radius 3 is 2.73 bits per heavy atom. The summed E-state index contributed by atoms with van der Waals surface area (Å²) in [7, 11) is 0. The molecule has 0 radical (unpaired) electrons. The van der Waals surface area contributed by atoms with Gasteiger partial charge in [-0.25, -0.2) is 0 Å². The highest BCUT2D eigenvalue weighted by Gasteiger charge is 2.37. The number of aliphatic hydroxyl groups is 1. The van der Waals surface area contributed by atoms with Crippen molar-refractivity contribution in [3.63, 3.8) is 0 Å². The van der Waals surface area contributed by atoms with Crippen LogP contribution >= 0.6 is 0 Å². The summed E-state index contributed by atoms with van der Waals surface area (Å²) >= 11 is 0. The lowest BCUT2D eigenvalue weighted by atomic mass is 9.79. The molecular weight excluding hydrogens is 138 g/mol. The van der Waals surface area contributed by atoms with E-state index in [4.69, 9.17) is 6.42 Å². The predicted molar refractivity (Wildman–Crippen MR) is 45.0 cm³/mol. The van der Waals surface area contributed by atoms with Crippen molar-refractivity contribution >= 4 is 0 Å². The molecule has 3 atom stereocenters. The number of nitrogens with one attached hydrogen (secondary N) is 1. The molecule has 11 heavy (non-hydrogen) atoms. The highest BCUT2D eigenvalue weighted by Crippen LogP contribution is 2.26. The third-order valence-electron chi connectivity index (χ3n) is 2.73. The molecule has 2 heteroatoms. The molecule has 1 rings (SSSR count). The van der Waals surface area contributed by atoms with Crippen molar-refractivity contribution in [3.8, 4) is 12.3 Å². The van der Waals surface area contributed by atoms with Crippen molar-refractivity contribution in [1.82, 2.24) is 5.32 Å². The number of hydrogen-bond acceptors (Lipinski definition) is 2. The normalized spacial score (nSPS) is 44.9. The van der Waals surface area contributed by atoms with E-state index in [1.54, 1.807) is 0 Å². The first-order valence-corrected chi connectivity index (χ1v) is 4.03. The smallest absolute Gasteiger partial charge is 0.130 e. The van der Waals surface area contributed by atoms with Crippen LogP contribution in [0.2, 0.25) is 0 Å². The average Bonchev–Trinajstić information content (AvgIpc) is 2.00. The van der Waals surface area contributed by atoms with E-state index in [9.17, 15) is 5.11 Å². The van der Waals surface area contributed by atoms with E-state index in [2.05, 4.69) is 11.2 Å². The summed E-state index contributed by atoms with van der Waals surface area (Å²) in [5.74, 6) is 2.62. The Morgan fingerprint density at radius 1 is 1.64 bits per heavy atom. The monoisotopic (exact) mass is 153 g/mol. The SMILES string of the molecule is C#CC1(O)CCNC(C)C1C. The summed E-state index contributed by atoms with van der Waals surface area (Å²) in [5.41, 5.74) is -0.884. The molecular formula is C9H15NO. The Kier molecular flexibility index (Phi) is 2.22. The molecule has 0 spiro atoms. The van der Waals surface area contributed by atoms with Gasteiger partial charge in [0.05, 0.1) is 0 Å². The highest BCUT2D eigenvalue weighted by molar-refractivity contribution is 5.13. The number of terminal acetylenes is 1. The van der Waals surface area contributed by atoms with Crippen molar-refractivity contribution in [2.75, 3.05) is 6.54 Å². The lowest BCUT2D eigenvalue weighted by Crippen LogP contribution is -2.53. The van der Waals surface area contributed by atoms with Crippen molar-refractivity contribution < 1.29 is 5.11 Å². The Morgan fingerprint density at radius 2 is 2.27 bits per heavy atom. The van der Waals surface area contributed by atoms with Crippen LogP contribution < -0.4 is 5.32 Å². The third kappa shape index (κ3) is 1.40. The summed E-state index contributed by atoms with van der Waals surface area (Å²) in [4.78, 5) is 0. The average molecular weight is 153 g/mol. The topological polar surface area (TPSA) is 32.3 Å². The Balaban J connectivity index is 2.74. The zero-order valence-corrected chi connectivity index (χ0v) is 7.09. The van der Waals surface area contributed by atoms with Crippen molar-refractivity contribution in [3.05, 3.63) is 0 Å². The third-order valence-corrected chi connectivity index (χ3v) is 2.73. The first-order chi connectivity index (χ1) is 5.10. The molecule has 1 aliphatic rings. The molecule has 0 bridgehead atoms. The molecule has 62 valence electrons. The van der Waals surface area contributed by atoms with Gasteiger partial charge in [0, 0.05) is 18.4 Å². The van der Waals surface area contributed by atoms with Crippen molar-refractivity contribution in [1.29, 1.82) is 0 Å². The van der Waals surface area contributed by atoms with Gasteiger partial charge in [-0.1, -0.05) is 12.8 Å². The van der Waals surface area contributed by atoms with E-state index in [0.29, 0.717) is 12.5 Å². The van der Waals surface area contributed by atoms with Gasteiger partial charge in [0.15, 0.2) is 0 Å². The van der Waals surface area contributed by atoms with Gasteiger partial charge in [-0.3, -0.25) is 0 Å². The van der Waals surface area contributed by atoms with Gasteiger partial charge in [-0.15, -0.1) is 6.42 Å². The van der Waals surface area contributed by atoms with E-state index in [-0.39, 0.29) is 5.92 Å². The predicted octanol–water partition coefficient (Wildman–Crippen LogP) is 0.369. The molecule has 1 heterocycles. The van der Waals surface area contributed by atoms with Crippen LogP contribution in [0.5, 0.6) is 0 Å². The van der Waals surface area contributed by atoms with Crippen LogP contribution in [-0.4, -0.2) is 23.3 Å². The molecule has 0 aromatic rings. The molecule has 1 aliphatic heterocycles. The minimum Gasteiger partial charge on any atom is -0.377 e. The van der Waals surface area contributed by atoms with Gasteiger partial charge in [0.25, 0.3) is 0 Å². The standard InChI is InChI=1S/C9H15NO/c1-4-9(11)5-6-10-8(3)7(9)2/h1,7-8,10-11H,5-6H2,2-3H3. The van der Waals surface area contributed by atoms with E-state index in [0.717, 1.165) is 6.54 Å². The van der Waals surface area contributed by atoms with Crippen molar-refractivity contribution in [2.24, 2.45) is 5.92 Å². The lowest BCUT2D eigenvalue weighted by Gasteiger charge is -2.38. The molecule has 0 amide bonds. The molecule has 0 aliphatic carbocycles. The van der Waals surface area contributed by atoms with Gasteiger partial charge < -0.3 is 10.4 Å². The van der Waals surface area contributed by atoms with Gasteiger partial charge in [-0.2, -0.15) is 0 Å². The Hall–Kier alpha value is -0.520. The zero-order chi connectivity index (χ0) is 8.48. The van der Waals surface area contributed by atoms with Crippen LogP contribution in [0.25, 0.3) is 0 Å². The van der Waals surface area contributed by atoms with Crippen LogP contribution in [0.4, 0.5) is 0 Å². The molecule has 2 N–H and O–H groups in total. The van der Waals surface area contributed by atoms with E-state index in [1.807, 2.05) is 13.8 Å². The molecule has 1 fully saturated rings. The van der Waals surface area contributed by atoms with Gasteiger partial charge in [-0.05, 0) is 13.5 Å². The van der Waals surface area contributed by atoms with Gasteiger partial charge in [0.1, 0.15) is 5.60 Å². The molecule has 3 unspecified atom stereocenters. The summed E-state index contributed by atoms with van der Waals surface area (Å²) in [6.45, 7) is 4.84. The van der Waals surface area contributed by atoms with Crippen LogP contribution in [0.3, 0.4) is 0 Å². The van der Waals surface area contributed by atoms with Gasteiger partial charge in [0.2, 0.25) is 0 Å². The maximum Gasteiger partial charge on any atom is 0.130 e. The lowest BCUT2D eigenvalue weighted by molar-refractivity contribution is 0.00256. The Bertz CT molecular complexity index is 184. The quantitative estimate of drug-likeness (QED) is 0.493. The molecule has 2 nitrogen and oxygen atoms in total. The van der Waals surface area contributed by atoms with E-state index < -0.39 is 5.60 Å². The highest BCUT2D eigenvalue weighted by atomic mass is 16.3. The fraction of sp³-hybridized carbons (Fsp3) is 0.778. The first-order valence-electron chi connectivity index (χ1n) is 4.03. The second-order valence-corrected chi connectivity index (χ2v) is 3.35. The molecule has 0 aromatic heterocycles. The molecule has 0 aromatic carbocycles. The number of piperidine rings is 1. The fourth-order valence-corrected chi connectivity index (χ4v) is 1.51. The fourth-order valence-electron chi connectivity index (χ4n) is 1.51. The summed E-state index contributed by atoms with van der Waals surface area (Å²) in [6.07, 6.45) is 5.92. The van der Waals surface area contributed by atoms with Crippen LogP contribution in [-0.2, 0) is 0 Å². The summed E-state index contributed by atoms with van der Waals surface area (Å²) < 4.78 is 0. The van der Waals surface area contributed by atoms with Crippen LogP contribution in [0.1, 0.15) is 20.3 Å². The second-order valence-electron chi connectivity index (χ2n) is 3.35. The number of hydrogen-bond donors (Lipinski definition) is 2. The number of rotatable bonds is 0. The summed E-state index contributed by atoms with van der Waals surface area (Å²) in [6, 6.07) is 0.310. The van der Waals surface area contributed by atoms with E-state index in [1.165, 1.54) is 0 Å². The minimum absolute atomic E-state index is 0.140. The molecule has 0 saturated carbocycles. The minimum atomic E-state index is -0.884. The largest absolute Gasteiger partial charge is 0.377 e. The van der Waals surface area contributed by atoms with E-state index >= 15 is 0 Å². The van der Waals surface area contributed by atoms with Crippen LogP contribution in [0, 0.1) is 18.3 Å². The van der Waals surface area contributed by atoms with Crippen LogP contribution in [0.15, 0.2) is 0 Å². The molecule has 1 saturated heterocycles.